The standard InChI is InChI=1S/C14H22ClN3/c1-14(2,3)18-8-6-17(7-9-18)13-5-4-12(10-15)11-16-13/h4-5,11H,6-10H2,1-3H3. The van der Waals surface area contributed by atoms with E-state index in [1.807, 2.05) is 6.20 Å². The van der Waals surface area contributed by atoms with E-state index in [1.54, 1.807) is 0 Å². The molecular weight excluding hydrogens is 246 g/mol. The molecule has 100 valence electrons. The van der Waals surface area contributed by atoms with Crippen molar-refractivity contribution in [2.45, 2.75) is 32.2 Å². The van der Waals surface area contributed by atoms with Gasteiger partial charge in [0, 0.05) is 43.8 Å². The first-order valence-electron chi connectivity index (χ1n) is 6.51. The molecule has 4 heteroatoms. The lowest BCUT2D eigenvalue weighted by Gasteiger charge is -2.42. The zero-order chi connectivity index (χ0) is 13.2. The van der Waals surface area contributed by atoms with Crippen LogP contribution in [0.4, 0.5) is 5.82 Å². The van der Waals surface area contributed by atoms with Gasteiger partial charge in [-0.3, -0.25) is 4.90 Å². The van der Waals surface area contributed by atoms with Gasteiger partial charge in [0.15, 0.2) is 0 Å². The second kappa shape index (κ2) is 5.45. The summed E-state index contributed by atoms with van der Waals surface area (Å²) in [5.41, 5.74) is 1.34. The Labute approximate surface area is 115 Å². The van der Waals surface area contributed by atoms with E-state index < -0.39 is 0 Å². The van der Waals surface area contributed by atoms with Crippen LogP contribution in [0.1, 0.15) is 26.3 Å². The number of halogens is 1. The Bertz CT molecular complexity index is 375. The van der Waals surface area contributed by atoms with Gasteiger partial charge in [0.25, 0.3) is 0 Å². The number of anilines is 1. The van der Waals surface area contributed by atoms with Crippen LogP contribution in [-0.2, 0) is 5.88 Å². The maximum absolute atomic E-state index is 5.77. The predicted octanol–water partition coefficient (Wildman–Crippen LogP) is 2.74. The molecule has 0 aliphatic carbocycles. The van der Waals surface area contributed by atoms with Gasteiger partial charge in [-0.2, -0.15) is 0 Å². The van der Waals surface area contributed by atoms with Crippen molar-refractivity contribution in [1.29, 1.82) is 0 Å². The first kappa shape index (κ1) is 13.6. The molecule has 1 saturated heterocycles. The number of aromatic nitrogens is 1. The highest BCUT2D eigenvalue weighted by atomic mass is 35.5. The monoisotopic (exact) mass is 267 g/mol. The Hall–Kier alpha value is -0.800. The molecule has 0 saturated carbocycles. The van der Waals surface area contributed by atoms with Crippen molar-refractivity contribution < 1.29 is 0 Å². The van der Waals surface area contributed by atoms with Crippen molar-refractivity contribution in [2.24, 2.45) is 0 Å². The normalized spacial score (nSPS) is 18.1. The Morgan fingerprint density at radius 3 is 2.28 bits per heavy atom. The van der Waals surface area contributed by atoms with Crippen molar-refractivity contribution in [3.8, 4) is 0 Å². The van der Waals surface area contributed by atoms with Crippen LogP contribution in [-0.4, -0.2) is 41.6 Å². The van der Waals surface area contributed by atoms with Crippen LogP contribution in [0.3, 0.4) is 0 Å². The quantitative estimate of drug-likeness (QED) is 0.768. The minimum absolute atomic E-state index is 0.266. The van der Waals surface area contributed by atoms with Crippen LogP contribution in [0, 0.1) is 0 Å². The largest absolute Gasteiger partial charge is 0.354 e. The summed E-state index contributed by atoms with van der Waals surface area (Å²) in [6.45, 7) is 11.1. The first-order valence-corrected chi connectivity index (χ1v) is 7.05. The maximum atomic E-state index is 5.77. The molecule has 1 aromatic heterocycles. The fraction of sp³-hybridized carbons (Fsp3) is 0.643. The van der Waals surface area contributed by atoms with Gasteiger partial charge >= 0.3 is 0 Å². The summed E-state index contributed by atoms with van der Waals surface area (Å²) < 4.78 is 0. The lowest BCUT2D eigenvalue weighted by molar-refractivity contribution is 0.128. The first-order chi connectivity index (χ1) is 8.50. The van der Waals surface area contributed by atoms with E-state index in [4.69, 9.17) is 11.6 Å². The fourth-order valence-corrected chi connectivity index (χ4v) is 2.45. The molecule has 1 aliphatic heterocycles. The average Bonchev–Trinajstić information content (AvgIpc) is 2.38. The van der Waals surface area contributed by atoms with Gasteiger partial charge in [0.05, 0.1) is 0 Å². The van der Waals surface area contributed by atoms with Crippen LogP contribution >= 0.6 is 11.6 Å². The highest BCUT2D eigenvalue weighted by molar-refractivity contribution is 6.17. The molecule has 18 heavy (non-hydrogen) atoms. The fourth-order valence-electron chi connectivity index (χ4n) is 2.29. The summed E-state index contributed by atoms with van der Waals surface area (Å²) in [6, 6.07) is 4.13. The molecule has 0 bridgehead atoms. The van der Waals surface area contributed by atoms with Gasteiger partial charge < -0.3 is 4.90 Å². The lowest BCUT2D eigenvalue weighted by Crippen LogP contribution is -2.53. The SMILES string of the molecule is CC(C)(C)N1CCN(c2ccc(CCl)cn2)CC1. The highest BCUT2D eigenvalue weighted by Gasteiger charge is 2.26. The second-order valence-corrected chi connectivity index (χ2v) is 6.07. The van der Waals surface area contributed by atoms with E-state index in [1.165, 1.54) is 0 Å². The summed E-state index contributed by atoms with van der Waals surface area (Å²) in [4.78, 5) is 9.36. The highest BCUT2D eigenvalue weighted by Crippen LogP contribution is 2.19. The number of alkyl halides is 1. The zero-order valence-electron chi connectivity index (χ0n) is 11.5. The van der Waals surface area contributed by atoms with E-state index in [0.717, 1.165) is 37.6 Å². The molecule has 0 unspecified atom stereocenters. The Morgan fingerprint density at radius 1 is 1.17 bits per heavy atom. The van der Waals surface area contributed by atoms with Crippen molar-refractivity contribution in [1.82, 2.24) is 9.88 Å². The summed E-state index contributed by atoms with van der Waals surface area (Å²) in [5.74, 6) is 1.60. The van der Waals surface area contributed by atoms with E-state index in [9.17, 15) is 0 Å². The molecule has 0 atom stereocenters. The van der Waals surface area contributed by atoms with Crippen molar-refractivity contribution in [3.05, 3.63) is 23.9 Å². The van der Waals surface area contributed by atoms with Gasteiger partial charge in [-0.1, -0.05) is 6.07 Å². The number of nitrogens with zero attached hydrogens (tertiary/aromatic N) is 3. The third-order valence-corrected chi connectivity index (χ3v) is 3.82. The molecule has 1 fully saturated rings. The smallest absolute Gasteiger partial charge is 0.128 e. The average molecular weight is 268 g/mol. The molecule has 0 radical (unpaired) electrons. The Kier molecular flexibility index (Phi) is 4.13. The van der Waals surface area contributed by atoms with Gasteiger partial charge in [-0.15, -0.1) is 11.6 Å². The van der Waals surface area contributed by atoms with Crippen LogP contribution in [0.2, 0.25) is 0 Å². The van der Waals surface area contributed by atoms with Crippen molar-refractivity contribution in [3.63, 3.8) is 0 Å². The van der Waals surface area contributed by atoms with Gasteiger partial charge in [0.2, 0.25) is 0 Å². The molecule has 2 rings (SSSR count). The summed E-state index contributed by atoms with van der Waals surface area (Å²) in [7, 11) is 0. The minimum atomic E-state index is 0.266. The number of rotatable bonds is 2. The summed E-state index contributed by atoms with van der Waals surface area (Å²) in [6.07, 6.45) is 1.87. The van der Waals surface area contributed by atoms with Gasteiger partial charge in [0.1, 0.15) is 5.82 Å². The third kappa shape index (κ3) is 3.15. The summed E-state index contributed by atoms with van der Waals surface area (Å²) in [5, 5.41) is 0. The van der Waals surface area contributed by atoms with Crippen LogP contribution in [0.25, 0.3) is 0 Å². The molecule has 0 aromatic carbocycles. The molecule has 3 nitrogen and oxygen atoms in total. The topological polar surface area (TPSA) is 19.4 Å². The molecule has 2 heterocycles. The molecular formula is C14H22ClN3. The lowest BCUT2D eigenvalue weighted by atomic mass is 10.1. The van der Waals surface area contributed by atoms with Crippen LogP contribution in [0.5, 0.6) is 0 Å². The third-order valence-electron chi connectivity index (χ3n) is 3.52. The molecule has 1 aliphatic rings. The van der Waals surface area contributed by atoms with Crippen molar-refractivity contribution >= 4 is 17.4 Å². The number of hydrogen-bond acceptors (Lipinski definition) is 3. The van der Waals surface area contributed by atoms with E-state index >= 15 is 0 Å². The summed E-state index contributed by atoms with van der Waals surface area (Å²) >= 11 is 5.77. The van der Waals surface area contributed by atoms with Gasteiger partial charge in [-0.05, 0) is 32.4 Å². The van der Waals surface area contributed by atoms with Crippen LogP contribution in [0.15, 0.2) is 18.3 Å². The minimum Gasteiger partial charge on any atom is -0.354 e. The maximum Gasteiger partial charge on any atom is 0.128 e. The molecule has 0 amide bonds. The molecule has 0 spiro atoms. The van der Waals surface area contributed by atoms with E-state index in [-0.39, 0.29) is 5.54 Å². The number of pyridine rings is 1. The van der Waals surface area contributed by atoms with Crippen LogP contribution < -0.4 is 4.90 Å². The molecule has 0 N–H and O–H groups in total. The Morgan fingerprint density at radius 2 is 1.83 bits per heavy atom. The van der Waals surface area contributed by atoms with E-state index in [0.29, 0.717) is 5.88 Å². The molecule has 1 aromatic rings. The van der Waals surface area contributed by atoms with Crippen molar-refractivity contribution in [2.75, 3.05) is 31.1 Å². The Balaban J connectivity index is 1.96. The number of hydrogen-bond donors (Lipinski definition) is 0. The second-order valence-electron chi connectivity index (χ2n) is 5.80. The van der Waals surface area contributed by atoms with E-state index in [2.05, 4.69) is 47.7 Å². The zero-order valence-corrected chi connectivity index (χ0v) is 12.2. The predicted molar refractivity (Wildman–Crippen MR) is 77.3 cm³/mol. The number of piperazine rings is 1. The van der Waals surface area contributed by atoms with Gasteiger partial charge in [-0.25, -0.2) is 4.98 Å².